The molecule has 2 N–H and O–H groups in total. The molecule has 0 unspecified atom stereocenters. The molecule has 0 aromatic rings. The highest BCUT2D eigenvalue weighted by Crippen LogP contribution is 2.09. The van der Waals surface area contributed by atoms with Crippen LogP contribution in [0, 0.1) is 0 Å². The summed E-state index contributed by atoms with van der Waals surface area (Å²) in [5, 5.41) is 0. The van der Waals surface area contributed by atoms with E-state index >= 15 is 0 Å². The number of hydrogen-bond acceptors (Lipinski definition) is 1. The quantitative estimate of drug-likeness (QED) is 0.444. The van der Waals surface area contributed by atoms with Crippen LogP contribution in [0.3, 0.4) is 0 Å². The summed E-state index contributed by atoms with van der Waals surface area (Å²) in [5.41, 5.74) is 5.43. The van der Waals surface area contributed by atoms with Crippen molar-refractivity contribution in [2.24, 2.45) is 5.73 Å². The molecule has 0 radical (unpaired) electrons. The number of rotatable bonds is 14. The SMILES string of the molecule is CCCCCCCCCCN(CCCCCC)C(N)=O. The van der Waals surface area contributed by atoms with Crippen molar-refractivity contribution < 1.29 is 4.79 Å². The molecule has 0 aromatic carbocycles. The Labute approximate surface area is 126 Å². The molecular formula is C17H36N2O. The van der Waals surface area contributed by atoms with Crippen LogP contribution in [0.4, 0.5) is 4.79 Å². The molecule has 0 saturated heterocycles. The van der Waals surface area contributed by atoms with Gasteiger partial charge in [-0.05, 0) is 12.8 Å². The molecule has 0 fully saturated rings. The Morgan fingerprint density at radius 2 is 1.05 bits per heavy atom. The largest absolute Gasteiger partial charge is 0.351 e. The van der Waals surface area contributed by atoms with E-state index in [0.29, 0.717) is 0 Å². The lowest BCUT2D eigenvalue weighted by atomic mass is 10.1. The van der Waals surface area contributed by atoms with Gasteiger partial charge in [-0.25, -0.2) is 4.79 Å². The van der Waals surface area contributed by atoms with Crippen LogP contribution in [0.2, 0.25) is 0 Å². The first-order chi connectivity index (χ1) is 9.72. The number of urea groups is 1. The van der Waals surface area contributed by atoms with Gasteiger partial charge in [-0.15, -0.1) is 0 Å². The number of nitrogens with zero attached hydrogens (tertiary/aromatic N) is 1. The molecule has 0 aliphatic carbocycles. The van der Waals surface area contributed by atoms with Crippen LogP contribution in [0.5, 0.6) is 0 Å². The van der Waals surface area contributed by atoms with Gasteiger partial charge in [-0.2, -0.15) is 0 Å². The zero-order valence-electron chi connectivity index (χ0n) is 13.8. The number of carbonyl (C=O) groups excluding carboxylic acids is 1. The van der Waals surface area contributed by atoms with E-state index in [1.54, 1.807) is 0 Å². The van der Waals surface area contributed by atoms with E-state index < -0.39 is 0 Å². The van der Waals surface area contributed by atoms with Gasteiger partial charge in [0.25, 0.3) is 0 Å². The number of unbranched alkanes of at least 4 members (excludes halogenated alkanes) is 10. The van der Waals surface area contributed by atoms with Crippen molar-refractivity contribution in [3.63, 3.8) is 0 Å². The predicted molar refractivity (Wildman–Crippen MR) is 87.9 cm³/mol. The molecule has 0 heterocycles. The topological polar surface area (TPSA) is 46.3 Å². The lowest BCUT2D eigenvalue weighted by Gasteiger charge is -2.20. The van der Waals surface area contributed by atoms with E-state index in [-0.39, 0.29) is 6.03 Å². The maximum Gasteiger partial charge on any atom is 0.314 e. The van der Waals surface area contributed by atoms with Crippen molar-refractivity contribution in [2.45, 2.75) is 90.9 Å². The average Bonchev–Trinajstić information content (AvgIpc) is 2.43. The van der Waals surface area contributed by atoms with Crippen LogP contribution in [-0.4, -0.2) is 24.0 Å². The Kier molecular flexibility index (Phi) is 14.1. The molecular weight excluding hydrogens is 248 g/mol. The van der Waals surface area contributed by atoms with E-state index in [1.165, 1.54) is 64.2 Å². The Bertz CT molecular complexity index is 219. The smallest absolute Gasteiger partial charge is 0.314 e. The van der Waals surface area contributed by atoms with Crippen LogP contribution >= 0.6 is 0 Å². The highest BCUT2D eigenvalue weighted by atomic mass is 16.2. The first kappa shape index (κ1) is 19.3. The number of primary amides is 1. The zero-order chi connectivity index (χ0) is 15.1. The summed E-state index contributed by atoms with van der Waals surface area (Å²) in [6, 6.07) is -0.246. The van der Waals surface area contributed by atoms with Gasteiger partial charge in [0.2, 0.25) is 0 Å². The van der Waals surface area contributed by atoms with Crippen LogP contribution in [-0.2, 0) is 0 Å². The van der Waals surface area contributed by atoms with Crippen LogP contribution in [0.1, 0.15) is 90.9 Å². The second-order valence-corrected chi connectivity index (χ2v) is 5.86. The third kappa shape index (κ3) is 12.3. The van der Waals surface area contributed by atoms with Crippen molar-refractivity contribution in [1.29, 1.82) is 0 Å². The van der Waals surface area contributed by atoms with Crippen molar-refractivity contribution in [3.8, 4) is 0 Å². The van der Waals surface area contributed by atoms with Crippen LogP contribution < -0.4 is 5.73 Å². The molecule has 0 atom stereocenters. The molecule has 0 aromatic heterocycles. The molecule has 0 aliphatic rings. The number of carbonyl (C=O) groups is 1. The lowest BCUT2D eigenvalue weighted by molar-refractivity contribution is 0.205. The highest BCUT2D eigenvalue weighted by molar-refractivity contribution is 5.71. The Morgan fingerprint density at radius 3 is 1.45 bits per heavy atom. The minimum atomic E-state index is -0.246. The third-order valence-corrected chi connectivity index (χ3v) is 3.87. The minimum absolute atomic E-state index is 0.246. The van der Waals surface area contributed by atoms with E-state index in [1.807, 2.05) is 4.90 Å². The second-order valence-electron chi connectivity index (χ2n) is 5.86. The van der Waals surface area contributed by atoms with E-state index in [2.05, 4.69) is 13.8 Å². The third-order valence-electron chi connectivity index (χ3n) is 3.87. The Morgan fingerprint density at radius 1 is 0.700 bits per heavy atom. The van der Waals surface area contributed by atoms with Crippen molar-refractivity contribution in [3.05, 3.63) is 0 Å². The van der Waals surface area contributed by atoms with Gasteiger partial charge in [-0.3, -0.25) is 0 Å². The Hall–Kier alpha value is -0.730. The Balaban J connectivity index is 3.48. The normalized spacial score (nSPS) is 10.7. The van der Waals surface area contributed by atoms with Crippen LogP contribution in [0.15, 0.2) is 0 Å². The summed E-state index contributed by atoms with van der Waals surface area (Å²) in [7, 11) is 0. The van der Waals surface area contributed by atoms with Gasteiger partial charge >= 0.3 is 6.03 Å². The molecule has 20 heavy (non-hydrogen) atoms. The fourth-order valence-electron chi connectivity index (χ4n) is 2.50. The number of nitrogens with two attached hydrogens (primary N) is 1. The van der Waals surface area contributed by atoms with Gasteiger partial charge in [0, 0.05) is 13.1 Å². The maximum atomic E-state index is 11.3. The van der Waals surface area contributed by atoms with Crippen LogP contribution in [0.25, 0.3) is 0 Å². The number of hydrogen-bond donors (Lipinski definition) is 1. The fourth-order valence-corrected chi connectivity index (χ4v) is 2.50. The average molecular weight is 284 g/mol. The predicted octanol–water partition coefficient (Wildman–Crippen LogP) is 5.09. The maximum absolute atomic E-state index is 11.3. The second kappa shape index (κ2) is 14.7. The highest BCUT2D eigenvalue weighted by Gasteiger charge is 2.08. The molecule has 0 aliphatic heterocycles. The first-order valence-electron chi connectivity index (χ1n) is 8.76. The molecule has 120 valence electrons. The van der Waals surface area contributed by atoms with Crippen molar-refractivity contribution in [1.82, 2.24) is 4.90 Å². The van der Waals surface area contributed by atoms with E-state index in [4.69, 9.17) is 5.73 Å². The van der Waals surface area contributed by atoms with Crippen molar-refractivity contribution in [2.75, 3.05) is 13.1 Å². The van der Waals surface area contributed by atoms with E-state index in [0.717, 1.165) is 25.9 Å². The summed E-state index contributed by atoms with van der Waals surface area (Å²) < 4.78 is 0. The molecule has 0 bridgehead atoms. The minimum Gasteiger partial charge on any atom is -0.351 e. The van der Waals surface area contributed by atoms with Crippen molar-refractivity contribution >= 4 is 6.03 Å². The summed E-state index contributed by atoms with van der Waals surface area (Å²) in [5.74, 6) is 0. The summed E-state index contributed by atoms with van der Waals surface area (Å²) in [4.78, 5) is 13.2. The summed E-state index contributed by atoms with van der Waals surface area (Å²) in [6.07, 6.45) is 15.2. The van der Waals surface area contributed by atoms with Gasteiger partial charge in [0.15, 0.2) is 0 Å². The molecule has 0 saturated carbocycles. The van der Waals surface area contributed by atoms with Gasteiger partial charge in [0.05, 0.1) is 0 Å². The number of amides is 2. The summed E-state index contributed by atoms with van der Waals surface area (Å²) >= 11 is 0. The van der Waals surface area contributed by atoms with Gasteiger partial charge in [0.1, 0.15) is 0 Å². The van der Waals surface area contributed by atoms with Gasteiger partial charge in [-0.1, -0.05) is 78.1 Å². The lowest BCUT2D eigenvalue weighted by Crippen LogP contribution is -2.37. The summed E-state index contributed by atoms with van der Waals surface area (Å²) in [6.45, 7) is 6.13. The van der Waals surface area contributed by atoms with E-state index in [9.17, 15) is 4.79 Å². The monoisotopic (exact) mass is 284 g/mol. The first-order valence-corrected chi connectivity index (χ1v) is 8.76. The molecule has 3 nitrogen and oxygen atoms in total. The fraction of sp³-hybridized carbons (Fsp3) is 0.941. The molecule has 2 amide bonds. The molecule has 0 rings (SSSR count). The standard InChI is InChI=1S/C17H36N2O/c1-3-5-7-9-10-11-12-14-16-19(17(18)20)15-13-8-6-4-2/h3-16H2,1-2H3,(H2,18,20). The molecule has 3 heteroatoms. The van der Waals surface area contributed by atoms with Gasteiger partial charge < -0.3 is 10.6 Å². The molecule has 0 spiro atoms. The zero-order valence-corrected chi connectivity index (χ0v) is 13.8.